The third-order valence-electron chi connectivity index (χ3n) is 3.35. The lowest BCUT2D eigenvalue weighted by atomic mass is 10.2. The summed E-state index contributed by atoms with van der Waals surface area (Å²) in [6.07, 6.45) is 8.96. The first-order valence-electron chi connectivity index (χ1n) is 7.47. The fraction of sp³-hybridized carbons (Fsp3) is 0.0526. The van der Waals surface area contributed by atoms with Crippen molar-refractivity contribution in [2.45, 2.75) is 6.54 Å². The van der Waals surface area contributed by atoms with E-state index in [1.807, 2.05) is 36.7 Å². The van der Waals surface area contributed by atoms with Gasteiger partial charge in [0.15, 0.2) is 0 Å². The minimum Gasteiger partial charge on any atom is -0.351 e. The van der Waals surface area contributed by atoms with Crippen molar-refractivity contribution >= 4 is 0 Å². The Morgan fingerprint density at radius 1 is 0.870 bits per heavy atom. The number of hydrogen-bond acceptors (Lipinski definition) is 2. The van der Waals surface area contributed by atoms with Gasteiger partial charge in [-0.3, -0.25) is 0 Å². The van der Waals surface area contributed by atoms with Crippen LogP contribution in [0, 0.1) is 0 Å². The second-order valence-electron chi connectivity index (χ2n) is 4.99. The Morgan fingerprint density at radius 2 is 1.61 bits per heavy atom. The molecule has 4 aromatic rings. The smallest absolute Gasteiger partial charge is 0.140 e. The molecule has 0 aliphatic carbocycles. The second-order valence-corrected chi connectivity index (χ2v) is 4.99. The summed E-state index contributed by atoms with van der Waals surface area (Å²) in [6.45, 7) is 0.852. The van der Waals surface area contributed by atoms with E-state index in [1.54, 1.807) is 18.7 Å². The van der Waals surface area contributed by atoms with E-state index in [9.17, 15) is 0 Å². The van der Waals surface area contributed by atoms with Gasteiger partial charge in [-0.15, -0.1) is 0 Å². The Hall–Kier alpha value is -3.14. The standard InChI is InChI=1S/C16H14N2.C3H4N2/c1-3-7-14(8-4-1)13-18-12-11-17-16(18)15-9-5-2-6-10-15;1-2-5-3-4-1/h1-12H,13H2;1-3H,(H,4,5). The maximum atomic E-state index is 4.45. The lowest BCUT2D eigenvalue weighted by molar-refractivity contribution is 0.807. The topological polar surface area (TPSA) is 46.5 Å². The van der Waals surface area contributed by atoms with Crippen LogP contribution in [0.4, 0.5) is 0 Å². The first kappa shape index (κ1) is 14.8. The van der Waals surface area contributed by atoms with Crippen molar-refractivity contribution in [3.63, 3.8) is 0 Å². The molecular weight excluding hydrogens is 284 g/mol. The molecule has 0 saturated carbocycles. The average molecular weight is 302 g/mol. The van der Waals surface area contributed by atoms with Gasteiger partial charge in [0.25, 0.3) is 0 Å². The van der Waals surface area contributed by atoms with E-state index < -0.39 is 0 Å². The number of aromatic nitrogens is 4. The number of aromatic amines is 1. The highest BCUT2D eigenvalue weighted by Gasteiger charge is 2.05. The molecule has 0 bridgehead atoms. The molecule has 1 N–H and O–H groups in total. The molecule has 2 aromatic carbocycles. The maximum Gasteiger partial charge on any atom is 0.140 e. The molecule has 4 nitrogen and oxygen atoms in total. The Labute approximate surface area is 135 Å². The zero-order valence-corrected chi connectivity index (χ0v) is 12.7. The molecule has 0 saturated heterocycles. The van der Waals surface area contributed by atoms with Crippen LogP contribution in [0.25, 0.3) is 11.4 Å². The second kappa shape index (κ2) is 7.75. The highest BCUT2D eigenvalue weighted by atomic mass is 15.1. The zero-order chi connectivity index (χ0) is 15.7. The largest absolute Gasteiger partial charge is 0.351 e. The molecule has 2 heterocycles. The fourth-order valence-electron chi connectivity index (χ4n) is 2.28. The Balaban J connectivity index is 0.000000267. The van der Waals surface area contributed by atoms with Crippen LogP contribution in [0.2, 0.25) is 0 Å². The van der Waals surface area contributed by atoms with Crippen LogP contribution < -0.4 is 0 Å². The predicted molar refractivity (Wildman–Crippen MR) is 91.8 cm³/mol. The normalized spacial score (nSPS) is 9.91. The Kier molecular flexibility index (Phi) is 4.98. The van der Waals surface area contributed by atoms with Crippen molar-refractivity contribution in [2.75, 3.05) is 0 Å². The van der Waals surface area contributed by atoms with Gasteiger partial charge in [-0.25, -0.2) is 9.97 Å². The van der Waals surface area contributed by atoms with Crippen LogP contribution in [0.1, 0.15) is 5.56 Å². The van der Waals surface area contributed by atoms with Gasteiger partial charge in [0.2, 0.25) is 0 Å². The van der Waals surface area contributed by atoms with Crippen LogP contribution in [-0.4, -0.2) is 19.5 Å². The van der Waals surface area contributed by atoms with E-state index in [0.29, 0.717) is 0 Å². The lowest BCUT2D eigenvalue weighted by Gasteiger charge is -2.07. The van der Waals surface area contributed by atoms with Gasteiger partial charge in [-0.05, 0) is 5.56 Å². The molecule has 4 rings (SSSR count). The maximum absolute atomic E-state index is 4.45. The minimum absolute atomic E-state index is 0.852. The lowest BCUT2D eigenvalue weighted by Crippen LogP contribution is -2.00. The highest BCUT2D eigenvalue weighted by molar-refractivity contribution is 5.55. The monoisotopic (exact) mass is 302 g/mol. The minimum atomic E-state index is 0.852. The van der Waals surface area contributed by atoms with Gasteiger partial charge in [0.05, 0.1) is 6.33 Å². The third-order valence-corrected chi connectivity index (χ3v) is 3.35. The number of nitrogens with zero attached hydrogens (tertiary/aromatic N) is 3. The van der Waals surface area contributed by atoms with Crippen molar-refractivity contribution in [1.82, 2.24) is 19.5 Å². The number of nitrogens with one attached hydrogen (secondary N) is 1. The Morgan fingerprint density at radius 3 is 2.22 bits per heavy atom. The molecular formula is C19H18N4. The highest BCUT2D eigenvalue weighted by Crippen LogP contribution is 2.17. The summed E-state index contributed by atoms with van der Waals surface area (Å²) in [5, 5.41) is 0. The van der Waals surface area contributed by atoms with Crippen LogP contribution in [-0.2, 0) is 6.54 Å². The molecule has 0 atom stereocenters. The molecule has 0 unspecified atom stereocenters. The molecule has 0 aliphatic rings. The van der Waals surface area contributed by atoms with Crippen LogP contribution >= 0.6 is 0 Å². The summed E-state index contributed by atoms with van der Waals surface area (Å²) < 4.78 is 2.17. The summed E-state index contributed by atoms with van der Waals surface area (Å²) in [5.41, 5.74) is 2.44. The van der Waals surface area contributed by atoms with Crippen LogP contribution in [0.3, 0.4) is 0 Å². The van der Waals surface area contributed by atoms with E-state index >= 15 is 0 Å². The number of imidazole rings is 2. The van der Waals surface area contributed by atoms with Crippen molar-refractivity contribution in [3.05, 3.63) is 97.3 Å². The van der Waals surface area contributed by atoms with Gasteiger partial charge in [-0.2, -0.15) is 0 Å². The molecule has 0 fully saturated rings. The summed E-state index contributed by atoms with van der Waals surface area (Å²) >= 11 is 0. The number of hydrogen-bond donors (Lipinski definition) is 1. The fourth-order valence-corrected chi connectivity index (χ4v) is 2.28. The van der Waals surface area contributed by atoms with E-state index in [2.05, 4.69) is 55.9 Å². The molecule has 0 aliphatic heterocycles. The van der Waals surface area contributed by atoms with Crippen molar-refractivity contribution in [1.29, 1.82) is 0 Å². The van der Waals surface area contributed by atoms with E-state index in [0.717, 1.165) is 17.9 Å². The van der Waals surface area contributed by atoms with Crippen LogP contribution in [0.5, 0.6) is 0 Å². The average Bonchev–Trinajstić information content (AvgIpc) is 3.32. The third kappa shape index (κ3) is 4.17. The van der Waals surface area contributed by atoms with Crippen molar-refractivity contribution in [2.24, 2.45) is 0 Å². The molecule has 0 radical (unpaired) electrons. The number of H-pyrrole nitrogens is 1. The van der Waals surface area contributed by atoms with E-state index in [-0.39, 0.29) is 0 Å². The van der Waals surface area contributed by atoms with Gasteiger partial charge in [0, 0.05) is 36.9 Å². The molecule has 2 aromatic heterocycles. The van der Waals surface area contributed by atoms with Gasteiger partial charge < -0.3 is 9.55 Å². The Bertz CT molecular complexity index is 773. The quantitative estimate of drug-likeness (QED) is 0.621. The van der Waals surface area contributed by atoms with Crippen molar-refractivity contribution in [3.8, 4) is 11.4 Å². The van der Waals surface area contributed by atoms with E-state index in [1.165, 1.54) is 5.56 Å². The SMILES string of the molecule is c1c[nH]cn1.c1ccc(Cn2ccnc2-c2ccccc2)cc1. The molecule has 4 heteroatoms. The summed E-state index contributed by atoms with van der Waals surface area (Å²) in [6, 6.07) is 20.7. The van der Waals surface area contributed by atoms with E-state index in [4.69, 9.17) is 0 Å². The first-order valence-corrected chi connectivity index (χ1v) is 7.47. The van der Waals surface area contributed by atoms with Gasteiger partial charge >= 0.3 is 0 Å². The number of benzene rings is 2. The van der Waals surface area contributed by atoms with Gasteiger partial charge in [-0.1, -0.05) is 60.7 Å². The molecule has 23 heavy (non-hydrogen) atoms. The molecule has 114 valence electrons. The zero-order valence-electron chi connectivity index (χ0n) is 12.7. The first-order chi connectivity index (χ1) is 11.4. The summed E-state index contributed by atoms with van der Waals surface area (Å²) in [7, 11) is 0. The molecule has 0 spiro atoms. The summed E-state index contributed by atoms with van der Waals surface area (Å²) in [5.74, 6) is 1.01. The summed E-state index contributed by atoms with van der Waals surface area (Å²) in [4.78, 5) is 10.9. The number of rotatable bonds is 3. The van der Waals surface area contributed by atoms with Crippen LogP contribution in [0.15, 0.2) is 91.8 Å². The van der Waals surface area contributed by atoms with Crippen molar-refractivity contribution < 1.29 is 0 Å². The predicted octanol–water partition coefficient (Wildman–Crippen LogP) is 4.01. The molecule has 0 amide bonds. The van der Waals surface area contributed by atoms with Gasteiger partial charge in [0.1, 0.15) is 5.82 Å².